The van der Waals surface area contributed by atoms with Gasteiger partial charge in [0.2, 0.25) is 0 Å². The number of aromatic nitrogens is 1. The molecular formula is C17H24ClN3. The summed E-state index contributed by atoms with van der Waals surface area (Å²) in [5, 5.41) is 5.64. The van der Waals surface area contributed by atoms with E-state index in [9.17, 15) is 0 Å². The van der Waals surface area contributed by atoms with Crippen LogP contribution in [0, 0.1) is 0 Å². The van der Waals surface area contributed by atoms with Crippen LogP contribution in [0.15, 0.2) is 24.4 Å². The second-order valence-corrected chi connectivity index (χ2v) is 6.52. The quantitative estimate of drug-likeness (QED) is 0.880. The molecule has 0 spiro atoms. The van der Waals surface area contributed by atoms with E-state index < -0.39 is 0 Å². The first kappa shape index (κ1) is 14.9. The Kier molecular flexibility index (Phi) is 4.84. The maximum Gasteiger partial charge on any atom is 0.0472 e. The molecule has 1 atom stereocenters. The van der Waals surface area contributed by atoms with Crippen LogP contribution in [0.5, 0.6) is 0 Å². The maximum absolute atomic E-state index is 6.02. The van der Waals surface area contributed by atoms with Crippen molar-refractivity contribution in [2.45, 2.75) is 38.8 Å². The number of fused-ring (bicyclic) bond motifs is 1. The maximum atomic E-state index is 6.02. The molecule has 1 saturated heterocycles. The Bertz CT molecular complexity index is 587. The fraction of sp³-hybridized carbons (Fsp3) is 0.529. The zero-order valence-corrected chi connectivity index (χ0v) is 13.4. The lowest BCUT2D eigenvalue weighted by molar-refractivity contribution is 0.171. The molecule has 0 saturated carbocycles. The predicted octanol–water partition coefficient (Wildman–Crippen LogP) is 3.79. The highest BCUT2D eigenvalue weighted by molar-refractivity contribution is 6.31. The zero-order chi connectivity index (χ0) is 14.7. The Hall–Kier alpha value is -1.03. The molecule has 2 aromatic rings. The molecule has 1 fully saturated rings. The average molecular weight is 306 g/mol. The molecule has 0 aliphatic carbocycles. The van der Waals surface area contributed by atoms with E-state index in [2.05, 4.69) is 34.4 Å². The monoisotopic (exact) mass is 305 g/mol. The number of piperidine rings is 1. The van der Waals surface area contributed by atoms with Crippen molar-refractivity contribution in [2.75, 3.05) is 19.6 Å². The summed E-state index contributed by atoms with van der Waals surface area (Å²) in [6.45, 7) is 6.79. The second kappa shape index (κ2) is 6.82. The Morgan fingerprint density at radius 1 is 1.29 bits per heavy atom. The van der Waals surface area contributed by atoms with Gasteiger partial charge in [-0.3, -0.25) is 4.90 Å². The van der Waals surface area contributed by atoms with Crippen LogP contribution >= 0.6 is 11.6 Å². The summed E-state index contributed by atoms with van der Waals surface area (Å²) in [5.74, 6) is 0. The van der Waals surface area contributed by atoms with E-state index in [0.29, 0.717) is 6.04 Å². The van der Waals surface area contributed by atoms with Crippen LogP contribution in [0.2, 0.25) is 5.02 Å². The summed E-state index contributed by atoms with van der Waals surface area (Å²) in [6.07, 6.45) is 6.19. The van der Waals surface area contributed by atoms with E-state index in [0.717, 1.165) is 23.6 Å². The van der Waals surface area contributed by atoms with Gasteiger partial charge in [-0.25, -0.2) is 0 Å². The fourth-order valence-corrected chi connectivity index (χ4v) is 3.38. The molecule has 0 radical (unpaired) electrons. The van der Waals surface area contributed by atoms with Crippen molar-refractivity contribution >= 4 is 22.5 Å². The molecular weight excluding hydrogens is 282 g/mol. The van der Waals surface area contributed by atoms with Crippen LogP contribution in [-0.2, 0) is 6.54 Å². The van der Waals surface area contributed by atoms with Gasteiger partial charge in [-0.1, -0.05) is 24.1 Å². The van der Waals surface area contributed by atoms with Crippen LogP contribution in [0.25, 0.3) is 10.9 Å². The highest BCUT2D eigenvalue weighted by Gasteiger charge is 2.16. The normalized spacial score (nSPS) is 18.2. The van der Waals surface area contributed by atoms with Crippen LogP contribution in [0.4, 0.5) is 0 Å². The van der Waals surface area contributed by atoms with Gasteiger partial charge < -0.3 is 10.3 Å². The summed E-state index contributed by atoms with van der Waals surface area (Å²) in [7, 11) is 0. The zero-order valence-electron chi connectivity index (χ0n) is 12.7. The average Bonchev–Trinajstić information content (AvgIpc) is 2.90. The third-order valence-corrected chi connectivity index (χ3v) is 4.73. The van der Waals surface area contributed by atoms with E-state index >= 15 is 0 Å². The van der Waals surface area contributed by atoms with E-state index in [1.165, 1.54) is 43.3 Å². The highest BCUT2D eigenvalue weighted by atomic mass is 35.5. The van der Waals surface area contributed by atoms with Crippen LogP contribution in [0.1, 0.15) is 31.7 Å². The molecule has 3 nitrogen and oxygen atoms in total. The molecule has 1 unspecified atom stereocenters. The lowest BCUT2D eigenvalue weighted by Crippen LogP contribution is -2.42. The van der Waals surface area contributed by atoms with Crippen molar-refractivity contribution in [1.82, 2.24) is 15.2 Å². The van der Waals surface area contributed by atoms with Crippen molar-refractivity contribution < 1.29 is 0 Å². The van der Waals surface area contributed by atoms with Gasteiger partial charge in [0.1, 0.15) is 0 Å². The molecule has 0 amide bonds. The Labute approximate surface area is 131 Å². The number of nitrogens with one attached hydrogen (secondary N) is 2. The second-order valence-electron chi connectivity index (χ2n) is 6.08. The Morgan fingerprint density at radius 3 is 2.90 bits per heavy atom. The molecule has 1 aromatic carbocycles. The van der Waals surface area contributed by atoms with E-state index in [1.807, 2.05) is 12.1 Å². The Morgan fingerprint density at radius 2 is 2.10 bits per heavy atom. The molecule has 1 aromatic heterocycles. The topological polar surface area (TPSA) is 31.1 Å². The van der Waals surface area contributed by atoms with Gasteiger partial charge in [-0.15, -0.1) is 0 Å². The van der Waals surface area contributed by atoms with Crippen molar-refractivity contribution in [3.63, 3.8) is 0 Å². The molecule has 4 heteroatoms. The molecule has 3 rings (SSSR count). The minimum absolute atomic E-state index is 0.616. The lowest BCUT2D eigenvalue weighted by atomic mass is 10.1. The largest absolute Gasteiger partial charge is 0.361 e. The molecule has 114 valence electrons. The van der Waals surface area contributed by atoms with Gasteiger partial charge in [-0.2, -0.15) is 0 Å². The number of hydrogen-bond donors (Lipinski definition) is 2. The van der Waals surface area contributed by atoms with E-state index in [-0.39, 0.29) is 0 Å². The van der Waals surface area contributed by atoms with Crippen molar-refractivity contribution in [3.05, 3.63) is 35.0 Å². The SMILES string of the molecule is CC(CNCc1c[nH]c2cc(Cl)ccc12)N1CCCCC1. The van der Waals surface area contributed by atoms with E-state index in [1.54, 1.807) is 0 Å². The third-order valence-electron chi connectivity index (χ3n) is 4.50. The van der Waals surface area contributed by atoms with Crippen molar-refractivity contribution in [1.29, 1.82) is 0 Å². The van der Waals surface area contributed by atoms with Crippen LogP contribution in [0.3, 0.4) is 0 Å². The molecule has 1 aliphatic rings. The van der Waals surface area contributed by atoms with Crippen LogP contribution in [-0.4, -0.2) is 35.6 Å². The molecule has 0 bridgehead atoms. The minimum atomic E-state index is 0.616. The lowest BCUT2D eigenvalue weighted by Gasteiger charge is -2.32. The van der Waals surface area contributed by atoms with Gasteiger partial charge in [0.15, 0.2) is 0 Å². The van der Waals surface area contributed by atoms with Gasteiger partial charge in [0.25, 0.3) is 0 Å². The summed E-state index contributed by atoms with van der Waals surface area (Å²) in [6, 6.07) is 6.65. The minimum Gasteiger partial charge on any atom is -0.361 e. The summed E-state index contributed by atoms with van der Waals surface area (Å²) in [5.41, 5.74) is 2.43. The van der Waals surface area contributed by atoms with Crippen LogP contribution < -0.4 is 5.32 Å². The number of hydrogen-bond acceptors (Lipinski definition) is 2. The first-order chi connectivity index (χ1) is 10.2. The number of H-pyrrole nitrogens is 1. The number of benzene rings is 1. The van der Waals surface area contributed by atoms with Crippen molar-refractivity contribution in [3.8, 4) is 0 Å². The summed E-state index contributed by atoms with van der Waals surface area (Å²) >= 11 is 6.02. The van der Waals surface area contributed by atoms with Crippen molar-refractivity contribution in [2.24, 2.45) is 0 Å². The molecule has 2 heterocycles. The number of aromatic amines is 1. The molecule has 2 N–H and O–H groups in total. The molecule has 1 aliphatic heterocycles. The van der Waals surface area contributed by atoms with Gasteiger partial charge in [0.05, 0.1) is 0 Å². The van der Waals surface area contributed by atoms with Gasteiger partial charge in [0, 0.05) is 41.3 Å². The standard InChI is InChI=1S/C17H24ClN3/c1-13(21-7-3-2-4-8-21)10-19-11-14-12-20-17-9-15(18)5-6-16(14)17/h5-6,9,12-13,19-20H,2-4,7-8,10-11H2,1H3. The number of likely N-dealkylation sites (tertiary alicyclic amines) is 1. The summed E-state index contributed by atoms with van der Waals surface area (Å²) in [4.78, 5) is 5.90. The first-order valence-electron chi connectivity index (χ1n) is 7.94. The highest BCUT2D eigenvalue weighted by Crippen LogP contribution is 2.22. The van der Waals surface area contributed by atoms with E-state index in [4.69, 9.17) is 11.6 Å². The number of nitrogens with zero attached hydrogens (tertiary/aromatic N) is 1. The summed E-state index contributed by atoms with van der Waals surface area (Å²) < 4.78 is 0. The first-order valence-corrected chi connectivity index (χ1v) is 8.32. The number of rotatable bonds is 5. The fourth-order valence-electron chi connectivity index (χ4n) is 3.21. The number of halogens is 1. The van der Waals surface area contributed by atoms with Gasteiger partial charge in [-0.05, 0) is 50.6 Å². The van der Waals surface area contributed by atoms with Gasteiger partial charge >= 0.3 is 0 Å². The smallest absolute Gasteiger partial charge is 0.0472 e. The Balaban J connectivity index is 1.54. The molecule has 21 heavy (non-hydrogen) atoms. The predicted molar refractivity (Wildman–Crippen MR) is 89.9 cm³/mol. The third kappa shape index (κ3) is 3.60.